The molecule has 2 aliphatic carbocycles. The number of hydrogen-bond donors (Lipinski definition) is 2. The predicted molar refractivity (Wildman–Crippen MR) is 115 cm³/mol. The summed E-state index contributed by atoms with van der Waals surface area (Å²) in [6.45, 7) is 5.77. The number of fused-ring (bicyclic) bond motifs is 1. The van der Waals surface area contributed by atoms with Gasteiger partial charge < -0.3 is 15.5 Å². The van der Waals surface area contributed by atoms with Crippen LogP contribution in [0.3, 0.4) is 0 Å². The van der Waals surface area contributed by atoms with Crippen molar-refractivity contribution >= 4 is 11.8 Å². The molecule has 170 valence electrons. The molecule has 7 heteroatoms. The first-order chi connectivity index (χ1) is 14.3. The molecule has 0 aromatic carbocycles. The van der Waals surface area contributed by atoms with Gasteiger partial charge in [-0.25, -0.2) is 4.39 Å². The monoisotopic (exact) mass is 422 g/mol. The Hall–Kier alpha value is -1.21. The van der Waals surface area contributed by atoms with Crippen molar-refractivity contribution in [3.63, 3.8) is 0 Å². The molecule has 4 rings (SSSR count). The first kappa shape index (κ1) is 22.0. The number of likely N-dealkylation sites (tertiary alicyclic amines) is 1. The van der Waals surface area contributed by atoms with Gasteiger partial charge in [0.1, 0.15) is 6.17 Å². The zero-order valence-electron chi connectivity index (χ0n) is 18.8. The summed E-state index contributed by atoms with van der Waals surface area (Å²) in [6.07, 6.45) is 6.71. The molecule has 2 amide bonds. The third-order valence-electron chi connectivity index (χ3n) is 8.40. The van der Waals surface area contributed by atoms with E-state index in [1.54, 1.807) is 6.92 Å². The highest BCUT2D eigenvalue weighted by Crippen LogP contribution is 2.38. The summed E-state index contributed by atoms with van der Waals surface area (Å²) in [5, 5.41) is 6.75. The van der Waals surface area contributed by atoms with Crippen molar-refractivity contribution in [2.75, 3.05) is 20.1 Å². The smallest absolute Gasteiger partial charge is 0.237 e. The second kappa shape index (κ2) is 9.11. The minimum atomic E-state index is -0.771. The van der Waals surface area contributed by atoms with Crippen LogP contribution >= 0.6 is 0 Å². The molecule has 2 saturated heterocycles. The molecular formula is C23H39FN4O2. The van der Waals surface area contributed by atoms with Crippen molar-refractivity contribution in [2.24, 2.45) is 11.8 Å². The van der Waals surface area contributed by atoms with Gasteiger partial charge in [0, 0.05) is 57.1 Å². The van der Waals surface area contributed by atoms with E-state index in [0.717, 1.165) is 51.6 Å². The first-order valence-electron chi connectivity index (χ1n) is 12.0. The average molecular weight is 423 g/mol. The van der Waals surface area contributed by atoms with Crippen molar-refractivity contribution in [3.05, 3.63) is 0 Å². The second-order valence-electron chi connectivity index (χ2n) is 10.3. The molecule has 8 atom stereocenters. The van der Waals surface area contributed by atoms with E-state index in [9.17, 15) is 14.0 Å². The van der Waals surface area contributed by atoms with Crippen LogP contribution in [0.25, 0.3) is 0 Å². The van der Waals surface area contributed by atoms with Gasteiger partial charge in [0.2, 0.25) is 11.8 Å². The van der Waals surface area contributed by atoms with Crippen molar-refractivity contribution in [1.29, 1.82) is 0 Å². The van der Waals surface area contributed by atoms with Crippen LogP contribution in [0.1, 0.15) is 65.2 Å². The van der Waals surface area contributed by atoms with Gasteiger partial charge in [-0.05, 0) is 57.3 Å². The first-order valence-corrected chi connectivity index (χ1v) is 12.0. The zero-order chi connectivity index (χ0) is 21.4. The van der Waals surface area contributed by atoms with Crippen LogP contribution < -0.4 is 10.6 Å². The van der Waals surface area contributed by atoms with E-state index in [0.29, 0.717) is 30.8 Å². The van der Waals surface area contributed by atoms with Crippen LogP contribution in [0, 0.1) is 11.8 Å². The predicted octanol–water partition coefficient (Wildman–Crippen LogP) is 2.08. The van der Waals surface area contributed by atoms with Crippen LogP contribution in [0.4, 0.5) is 4.39 Å². The average Bonchev–Trinajstić information content (AvgIpc) is 3.39. The normalized spacial score (nSPS) is 42.0. The van der Waals surface area contributed by atoms with Crippen LogP contribution in [0.2, 0.25) is 0 Å². The highest BCUT2D eigenvalue weighted by atomic mass is 19.1. The van der Waals surface area contributed by atoms with Crippen LogP contribution in [-0.2, 0) is 9.59 Å². The fourth-order valence-electron chi connectivity index (χ4n) is 6.40. The second-order valence-corrected chi connectivity index (χ2v) is 10.3. The van der Waals surface area contributed by atoms with Crippen LogP contribution in [0.5, 0.6) is 0 Å². The van der Waals surface area contributed by atoms with Crippen LogP contribution in [0.15, 0.2) is 0 Å². The number of carbonyl (C=O) groups excluding carboxylic acids is 2. The highest BCUT2D eigenvalue weighted by molar-refractivity contribution is 5.82. The van der Waals surface area contributed by atoms with Crippen molar-refractivity contribution in [1.82, 2.24) is 20.4 Å². The lowest BCUT2D eigenvalue weighted by atomic mass is 9.77. The zero-order valence-corrected chi connectivity index (χ0v) is 18.8. The minimum Gasteiger partial charge on any atom is -0.352 e. The standard InChI is InChI=1S/C23H39FN4O2/c1-14-7-8-20(24)19-12-21(26-22(14)19)23(30)25-16-5-4-6-17(11-16)28-10-9-18(13-28)27(3)15(2)29/h14,16-22,26H,4-13H2,1-3H3,(H,25,30)/t14?,16-,17-,18-,19?,20?,21?,22?/m1/s1. The number of halogens is 1. The number of nitrogens with zero attached hydrogens (tertiary/aromatic N) is 2. The van der Waals surface area contributed by atoms with Crippen molar-refractivity contribution in [3.8, 4) is 0 Å². The summed E-state index contributed by atoms with van der Waals surface area (Å²) in [5.41, 5.74) is 0. The van der Waals surface area contributed by atoms with E-state index in [-0.39, 0.29) is 35.9 Å². The van der Waals surface area contributed by atoms with E-state index < -0.39 is 6.17 Å². The van der Waals surface area contributed by atoms with E-state index in [2.05, 4.69) is 22.5 Å². The summed E-state index contributed by atoms with van der Waals surface area (Å²) in [5.74, 6) is 0.619. The summed E-state index contributed by atoms with van der Waals surface area (Å²) < 4.78 is 14.4. The Kier molecular flexibility index (Phi) is 6.68. The molecule has 0 bridgehead atoms. The lowest BCUT2D eigenvalue weighted by molar-refractivity contribution is -0.129. The van der Waals surface area contributed by atoms with Gasteiger partial charge in [-0.1, -0.05) is 6.92 Å². The maximum atomic E-state index is 14.4. The molecule has 0 radical (unpaired) electrons. The number of carbonyl (C=O) groups is 2. The summed E-state index contributed by atoms with van der Waals surface area (Å²) in [6, 6.07) is 0.870. The molecule has 30 heavy (non-hydrogen) atoms. The van der Waals surface area contributed by atoms with Gasteiger partial charge in [-0.15, -0.1) is 0 Å². The molecule has 5 unspecified atom stereocenters. The summed E-state index contributed by atoms with van der Waals surface area (Å²) in [4.78, 5) is 29.0. The Morgan fingerprint density at radius 3 is 2.67 bits per heavy atom. The summed E-state index contributed by atoms with van der Waals surface area (Å²) in [7, 11) is 1.90. The van der Waals surface area contributed by atoms with Gasteiger partial charge in [0.05, 0.1) is 6.04 Å². The fraction of sp³-hybridized carbons (Fsp3) is 0.913. The molecule has 2 heterocycles. The molecule has 6 nitrogen and oxygen atoms in total. The van der Waals surface area contributed by atoms with Crippen molar-refractivity contribution < 1.29 is 14.0 Å². The van der Waals surface area contributed by atoms with Gasteiger partial charge in [0.25, 0.3) is 0 Å². The number of hydrogen-bond acceptors (Lipinski definition) is 4. The maximum absolute atomic E-state index is 14.4. The topological polar surface area (TPSA) is 64.7 Å². The molecule has 4 fully saturated rings. The third kappa shape index (κ3) is 4.52. The summed E-state index contributed by atoms with van der Waals surface area (Å²) >= 11 is 0. The third-order valence-corrected chi connectivity index (χ3v) is 8.40. The number of nitrogens with one attached hydrogen (secondary N) is 2. The van der Waals surface area contributed by atoms with E-state index in [1.807, 2.05) is 11.9 Å². The lowest BCUT2D eigenvalue weighted by Gasteiger charge is -2.36. The maximum Gasteiger partial charge on any atom is 0.237 e. The lowest BCUT2D eigenvalue weighted by Crippen LogP contribution is -2.51. The Morgan fingerprint density at radius 1 is 1.13 bits per heavy atom. The number of rotatable bonds is 4. The molecule has 0 spiro atoms. The fourth-order valence-corrected chi connectivity index (χ4v) is 6.40. The number of amides is 2. The molecule has 0 aromatic rings. The van der Waals surface area contributed by atoms with Gasteiger partial charge in [-0.2, -0.15) is 0 Å². The number of likely N-dealkylation sites (N-methyl/N-ethyl adjacent to an activating group) is 1. The molecular weight excluding hydrogens is 383 g/mol. The molecule has 0 aromatic heterocycles. The molecule has 2 saturated carbocycles. The van der Waals surface area contributed by atoms with Crippen LogP contribution in [-0.4, -0.2) is 78.1 Å². The Bertz CT molecular complexity index is 629. The van der Waals surface area contributed by atoms with E-state index in [4.69, 9.17) is 0 Å². The largest absolute Gasteiger partial charge is 0.352 e. The molecule has 2 aliphatic heterocycles. The Labute approximate surface area is 180 Å². The molecule has 2 N–H and O–H groups in total. The Balaban J connectivity index is 1.28. The minimum absolute atomic E-state index is 0.0107. The highest BCUT2D eigenvalue weighted by Gasteiger charge is 2.46. The van der Waals surface area contributed by atoms with Crippen molar-refractivity contribution in [2.45, 2.75) is 102 Å². The van der Waals surface area contributed by atoms with E-state index >= 15 is 0 Å². The van der Waals surface area contributed by atoms with E-state index in [1.165, 1.54) is 0 Å². The van der Waals surface area contributed by atoms with Gasteiger partial charge >= 0.3 is 0 Å². The van der Waals surface area contributed by atoms with Gasteiger partial charge in [-0.3, -0.25) is 14.5 Å². The Morgan fingerprint density at radius 2 is 1.93 bits per heavy atom. The SMILES string of the molecule is CC(=O)N(C)[C@@H]1CCN([C@@H]2CCC[C@@H](NC(=O)C3CC4C(F)CCC(C)C4N3)C2)C1. The molecule has 4 aliphatic rings. The quantitative estimate of drug-likeness (QED) is 0.728. The number of alkyl halides is 1. The van der Waals surface area contributed by atoms with Gasteiger partial charge in [0.15, 0.2) is 0 Å².